The summed E-state index contributed by atoms with van der Waals surface area (Å²) in [5.74, 6) is 1.49. The Bertz CT molecular complexity index is 1000. The maximum atomic E-state index is 6.25. The third-order valence-corrected chi connectivity index (χ3v) is 5.39. The van der Waals surface area contributed by atoms with E-state index in [1.165, 1.54) is 0 Å². The number of methoxy groups -OCH3 is 1. The molecule has 1 aliphatic heterocycles. The fourth-order valence-electron chi connectivity index (χ4n) is 2.85. The lowest BCUT2D eigenvalue weighted by molar-refractivity contribution is 0.212. The molecule has 4 rings (SSSR count). The first kappa shape index (κ1) is 19.3. The van der Waals surface area contributed by atoms with Crippen LogP contribution in [0.2, 0.25) is 10.0 Å². The molecular weight excluding hydrogens is 514 g/mol. The molecule has 0 aliphatic carbocycles. The van der Waals surface area contributed by atoms with Crippen molar-refractivity contribution >= 4 is 57.3 Å². The summed E-state index contributed by atoms with van der Waals surface area (Å²) in [6, 6.07) is 13.2. The van der Waals surface area contributed by atoms with Gasteiger partial charge in [-0.05, 0) is 58.5 Å². The van der Waals surface area contributed by atoms with E-state index >= 15 is 0 Å². The minimum absolute atomic E-state index is 0.542. The topological polar surface area (TPSA) is 68.8 Å². The van der Waals surface area contributed by atoms with Gasteiger partial charge in [-0.3, -0.25) is 5.10 Å². The van der Waals surface area contributed by atoms with E-state index in [9.17, 15) is 0 Å². The second-order valence-corrected chi connectivity index (χ2v) is 7.93. The largest absolute Gasteiger partial charge is 0.497 e. The zero-order valence-electron chi connectivity index (χ0n) is 14.7. The van der Waals surface area contributed by atoms with Crippen LogP contribution in [-0.4, -0.2) is 28.3 Å². The van der Waals surface area contributed by atoms with Gasteiger partial charge in [0.05, 0.1) is 31.1 Å². The maximum absolute atomic E-state index is 6.25. The van der Waals surface area contributed by atoms with Gasteiger partial charge in [-0.1, -0.05) is 35.3 Å². The fraction of sp³-hybridized carbons (Fsp3) is 0.111. The van der Waals surface area contributed by atoms with Crippen LogP contribution in [0.15, 0.2) is 53.8 Å². The molecule has 144 valence electrons. The molecule has 0 amide bonds. The van der Waals surface area contributed by atoms with Gasteiger partial charge >= 0.3 is 0 Å². The van der Waals surface area contributed by atoms with E-state index in [0.29, 0.717) is 22.4 Å². The fourth-order valence-corrected chi connectivity index (χ4v) is 3.88. The number of hydrazine groups is 2. The molecule has 2 aromatic carbocycles. The molecule has 10 heteroatoms. The molecule has 0 atom stereocenters. The molecule has 2 N–H and O–H groups in total. The third-order valence-electron chi connectivity index (χ3n) is 4.13. The second kappa shape index (κ2) is 8.16. The number of anilines is 1. The Balaban J connectivity index is 1.70. The SMILES string of the molecule is COc1ccc(CN2NN=C(c3cn[nH]c3I)N2c2cc(Cl)cc(Cl)c2)cc1. The molecule has 0 bridgehead atoms. The summed E-state index contributed by atoms with van der Waals surface area (Å²) >= 11 is 14.7. The van der Waals surface area contributed by atoms with Gasteiger partial charge < -0.3 is 4.74 Å². The van der Waals surface area contributed by atoms with E-state index in [4.69, 9.17) is 27.9 Å². The molecule has 2 heterocycles. The Kier molecular flexibility index (Phi) is 5.63. The van der Waals surface area contributed by atoms with Gasteiger partial charge in [0, 0.05) is 10.0 Å². The van der Waals surface area contributed by atoms with Crippen molar-refractivity contribution in [3.05, 3.63) is 73.5 Å². The van der Waals surface area contributed by atoms with Crippen LogP contribution in [0.4, 0.5) is 5.69 Å². The molecule has 3 aromatic rings. The number of hydrogen-bond donors (Lipinski definition) is 2. The number of aromatic amines is 1. The summed E-state index contributed by atoms with van der Waals surface area (Å²) in [5, 5.41) is 16.4. The summed E-state index contributed by atoms with van der Waals surface area (Å²) in [6.45, 7) is 0.551. The molecule has 0 fully saturated rings. The molecule has 28 heavy (non-hydrogen) atoms. The van der Waals surface area contributed by atoms with E-state index in [1.54, 1.807) is 19.4 Å². The zero-order valence-corrected chi connectivity index (χ0v) is 18.3. The Morgan fingerprint density at radius 2 is 1.82 bits per heavy atom. The molecular formula is C18H15Cl2IN6O. The lowest BCUT2D eigenvalue weighted by Gasteiger charge is -2.29. The highest BCUT2D eigenvalue weighted by atomic mass is 127. The van der Waals surface area contributed by atoms with Crippen molar-refractivity contribution in [3.63, 3.8) is 0 Å². The third kappa shape index (κ3) is 3.90. The molecule has 1 aromatic heterocycles. The highest BCUT2D eigenvalue weighted by molar-refractivity contribution is 14.1. The van der Waals surface area contributed by atoms with Gasteiger partial charge in [0.1, 0.15) is 9.45 Å². The van der Waals surface area contributed by atoms with Crippen LogP contribution in [0.1, 0.15) is 11.1 Å². The second-order valence-electron chi connectivity index (χ2n) is 5.98. The van der Waals surface area contributed by atoms with Gasteiger partial charge in [0.2, 0.25) is 0 Å². The first-order chi connectivity index (χ1) is 13.5. The predicted octanol–water partition coefficient (Wildman–Crippen LogP) is 4.43. The van der Waals surface area contributed by atoms with Crippen LogP contribution in [0.3, 0.4) is 0 Å². The number of H-pyrrole nitrogens is 1. The summed E-state index contributed by atoms with van der Waals surface area (Å²) in [6.07, 6.45) is 1.73. The van der Waals surface area contributed by atoms with Gasteiger partial charge in [-0.15, -0.1) is 10.2 Å². The number of rotatable bonds is 5. The van der Waals surface area contributed by atoms with E-state index < -0.39 is 0 Å². The lowest BCUT2D eigenvalue weighted by Crippen LogP contribution is -2.45. The normalized spacial score (nSPS) is 14.1. The Hall–Kier alpha value is -2.01. The standard InChI is InChI=1S/C18H15Cl2IN6O/c1-28-15-4-2-11(3-5-15)10-26-25-24-18(16-9-22-23-17(16)21)27(26)14-7-12(19)6-13(20)8-14/h2-9,25H,10H2,1H3,(H,22,23). The quantitative estimate of drug-likeness (QED) is 0.479. The van der Waals surface area contributed by atoms with Crippen LogP contribution < -0.4 is 15.3 Å². The number of nitrogens with zero attached hydrogens (tertiary/aromatic N) is 4. The number of amidine groups is 1. The average molecular weight is 529 g/mol. The molecule has 0 radical (unpaired) electrons. The predicted molar refractivity (Wildman–Crippen MR) is 118 cm³/mol. The number of aromatic nitrogens is 2. The summed E-state index contributed by atoms with van der Waals surface area (Å²) in [7, 11) is 1.65. The van der Waals surface area contributed by atoms with Crippen molar-refractivity contribution in [2.75, 3.05) is 12.1 Å². The van der Waals surface area contributed by atoms with Crippen LogP contribution in [-0.2, 0) is 6.54 Å². The minimum Gasteiger partial charge on any atom is -0.497 e. The molecule has 0 spiro atoms. The van der Waals surface area contributed by atoms with Gasteiger partial charge in [-0.25, -0.2) is 10.5 Å². The number of hydrogen-bond acceptors (Lipinski definition) is 6. The van der Waals surface area contributed by atoms with Crippen molar-refractivity contribution in [1.82, 2.24) is 20.9 Å². The summed E-state index contributed by atoms with van der Waals surface area (Å²) in [5.41, 5.74) is 5.79. The van der Waals surface area contributed by atoms with Gasteiger partial charge in [0.25, 0.3) is 0 Å². The van der Waals surface area contributed by atoms with Crippen molar-refractivity contribution in [2.24, 2.45) is 5.10 Å². The minimum atomic E-state index is 0.542. The highest BCUT2D eigenvalue weighted by Gasteiger charge is 2.31. The van der Waals surface area contributed by atoms with Crippen molar-refractivity contribution in [2.45, 2.75) is 6.54 Å². The molecule has 0 saturated heterocycles. The van der Waals surface area contributed by atoms with Gasteiger partial charge in [-0.2, -0.15) is 5.10 Å². The first-order valence-corrected chi connectivity index (χ1v) is 10.1. The van der Waals surface area contributed by atoms with E-state index in [0.717, 1.165) is 26.3 Å². The van der Waals surface area contributed by atoms with Crippen LogP contribution in [0.5, 0.6) is 5.75 Å². The van der Waals surface area contributed by atoms with Crippen LogP contribution in [0, 0.1) is 3.70 Å². The van der Waals surface area contributed by atoms with Gasteiger partial charge in [0.15, 0.2) is 5.84 Å². The van der Waals surface area contributed by atoms with E-state index in [2.05, 4.69) is 43.4 Å². The number of ether oxygens (including phenoxy) is 1. The smallest absolute Gasteiger partial charge is 0.182 e. The lowest BCUT2D eigenvalue weighted by atomic mass is 10.2. The first-order valence-electron chi connectivity index (χ1n) is 8.24. The van der Waals surface area contributed by atoms with Crippen molar-refractivity contribution < 1.29 is 4.74 Å². The number of benzene rings is 2. The Morgan fingerprint density at radius 3 is 2.43 bits per heavy atom. The highest BCUT2D eigenvalue weighted by Crippen LogP contribution is 2.30. The molecule has 1 aliphatic rings. The Labute approximate surface area is 185 Å². The molecule has 0 unspecified atom stereocenters. The maximum Gasteiger partial charge on any atom is 0.182 e. The van der Waals surface area contributed by atoms with Crippen molar-refractivity contribution in [3.8, 4) is 5.75 Å². The van der Waals surface area contributed by atoms with Crippen LogP contribution >= 0.6 is 45.8 Å². The molecule has 0 saturated carbocycles. The summed E-state index contributed by atoms with van der Waals surface area (Å²) < 4.78 is 6.11. The number of nitrogens with one attached hydrogen (secondary N) is 2. The molecule has 7 nitrogen and oxygen atoms in total. The van der Waals surface area contributed by atoms with E-state index in [-0.39, 0.29) is 0 Å². The monoisotopic (exact) mass is 528 g/mol. The average Bonchev–Trinajstić information content (AvgIpc) is 3.27. The van der Waals surface area contributed by atoms with Crippen molar-refractivity contribution in [1.29, 1.82) is 0 Å². The number of halogens is 3. The van der Waals surface area contributed by atoms with Crippen LogP contribution in [0.25, 0.3) is 0 Å². The van der Waals surface area contributed by atoms with E-state index in [1.807, 2.05) is 46.5 Å². The summed E-state index contributed by atoms with van der Waals surface area (Å²) in [4.78, 5) is 0. The number of hydrazone groups is 1. The Morgan fingerprint density at radius 1 is 1.11 bits per heavy atom. The zero-order chi connectivity index (χ0) is 19.7.